The molecule has 12 aromatic rings. The van der Waals surface area contributed by atoms with Crippen LogP contribution in [0.25, 0.3) is 121 Å². The molecule has 274 valence electrons. The van der Waals surface area contributed by atoms with Gasteiger partial charge in [0.25, 0.3) is 0 Å². The summed E-state index contributed by atoms with van der Waals surface area (Å²) in [4.78, 5) is 15.5. The van der Waals surface area contributed by atoms with Crippen LogP contribution in [0.4, 0.5) is 0 Å². The van der Waals surface area contributed by atoms with Crippen LogP contribution in [0.15, 0.2) is 205 Å². The van der Waals surface area contributed by atoms with E-state index in [1.165, 1.54) is 26.9 Å². The van der Waals surface area contributed by atoms with E-state index >= 15 is 0 Å². The smallest absolute Gasteiger partial charge is 0.164 e. The van der Waals surface area contributed by atoms with Gasteiger partial charge < -0.3 is 4.42 Å². The summed E-state index contributed by atoms with van der Waals surface area (Å²) >= 11 is 0. The third kappa shape index (κ3) is 5.57. The summed E-state index contributed by atoms with van der Waals surface area (Å²) in [6, 6.07) is 70.6. The first-order valence-electron chi connectivity index (χ1n) is 19.9. The van der Waals surface area contributed by atoms with Crippen molar-refractivity contribution in [3.8, 4) is 56.4 Å². The molecule has 0 saturated carbocycles. The number of aromatic nitrogens is 3. The molecule has 0 saturated heterocycles. The van der Waals surface area contributed by atoms with E-state index in [0.29, 0.717) is 17.5 Å². The Kier molecular flexibility index (Phi) is 7.50. The minimum Gasteiger partial charge on any atom is -0.456 e. The van der Waals surface area contributed by atoms with Gasteiger partial charge in [-0.05, 0) is 90.1 Å². The molecule has 2 aromatic heterocycles. The predicted molar refractivity (Wildman–Crippen MR) is 244 cm³/mol. The Hall–Kier alpha value is -7.95. The van der Waals surface area contributed by atoms with Crippen molar-refractivity contribution < 1.29 is 4.42 Å². The highest BCUT2D eigenvalue weighted by molar-refractivity contribution is 6.18. The molecule has 0 N–H and O–H groups in total. The standard InChI is InChI=1S/C55H33N3O/c1-2-13-36(14-3-1)53-56-54(58-55(57-53)47-32-41-18-8-9-19-43(41)45-20-10-11-21-46(45)47)37-25-23-35(24-26-37)51-44(42-27-22-34-12-4-5-15-38(34)30-42)28-29-49-52(51)48-31-39-16-6-7-17-40(39)33-50(48)59-49/h1-33H. The number of hydrogen-bond donors (Lipinski definition) is 0. The lowest BCUT2D eigenvalue weighted by atomic mass is 9.89. The summed E-state index contributed by atoms with van der Waals surface area (Å²) in [5, 5.41) is 11.6. The molecule has 0 aliphatic rings. The summed E-state index contributed by atoms with van der Waals surface area (Å²) in [5.74, 6) is 1.89. The zero-order valence-electron chi connectivity index (χ0n) is 31.8. The minimum atomic E-state index is 0.617. The summed E-state index contributed by atoms with van der Waals surface area (Å²) in [7, 11) is 0. The maximum atomic E-state index is 6.62. The molecule has 4 nitrogen and oxygen atoms in total. The van der Waals surface area contributed by atoms with Gasteiger partial charge in [0, 0.05) is 33.0 Å². The molecule has 0 spiro atoms. The van der Waals surface area contributed by atoms with Crippen molar-refractivity contribution in [2.75, 3.05) is 0 Å². The van der Waals surface area contributed by atoms with Crippen LogP contribution >= 0.6 is 0 Å². The maximum absolute atomic E-state index is 6.62. The van der Waals surface area contributed by atoms with Crippen LogP contribution in [0.5, 0.6) is 0 Å². The van der Waals surface area contributed by atoms with Crippen molar-refractivity contribution in [1.29, 1.82) is 0 Å². The van der Waals surface area contributed by atoms with Gasteiger partial charge in [0.15, 0.2) is 17.5 Å². The molecule has 10 aromatic carbocycles. The lowest BCUT2D eigenvalue weighted by Gasteiger charge is -2.14. The first-order valence-corrected chi connectivity index (χ1v) is 19.9. The molecule has 0 aliphatic carbocycles. The van der Waals surface area contributed by atoms with Gasteiger partial charge >= 0.3 is 0 Å². The zero-order chi connectivity index (χ0) is 38.9. The fourth-order valence-corrected chi connectivity index (χ4v) is 8.82. The van der Waals surface area contributed by atoms with E-state index in [4.69, 9.17) is 19.4 Å². The largest absolute Gasteiger partial charge is 0.456 e. The van der Waals surface area contributed by atoms with Crippen LogP contribution in [0.2, 0.25) is 0 Å². The monoisotopic (exact) mass is 751 g/mol. The molecular formula is C55H33N3O. The fraction of sp³-hybridized carbons (Fsp3) is 0. The van der Waals surface area contributed by atoms with Gasteiger partial charge in [-0.15, -0.1) is 0 Å². The van der Waals surface area contributed by atoms with Crippen molar-refractivity contribution in [1.82, 2.24) is 15.0 Å². The Balaban J connectivity index is 1.06. The molecular weight excluding hydrogens is 719 g/mol. The van der Waals surface area contributed by atoms with Crippen molar-refractivity contribution in [2.45, 2.75) is 0 Å². The normalized spacial score (nSPS) is 11.7. The van der Waals surface area contributed by atoms with Crippen molar-refractivity contribution >= 4 is 65.0 Å². The lowest BCUT2D eigenvalue weighted by molar-refractivity contribution is 0.669. The number of fused-ring (bicyclic) bond motifs is 8. The average Bonchev–Trinajstić information content (AvgIpc) is 3.67. The SMILES string of the molecule is c1ccc(-c2nc(-c3ccc(-c4c(-c5ccc6ccccc6c5)ccc5oc6cc7ccccc7cc6c45)cc3)nc(-c3cc4ccccc4c4ccccc34)n2)cc1. The molecule has 0 atom stereocenters. The molecule has 4 heteroatoms. The highest BCUT2D eigenvalue weighted by Crippen LogP contribution is 2.45. The summed E-state index contributed by atoms with van der Waals surface area (Å²) in [5.41, 5.74) is 9.05. The van der Waals surface area contributed by atoms with Gasteiger partial charge in [0.05, 0.1) is 0 Å². The van der Waals surface area contributed by atoms with E-state index in [-0.39, 0.29) is 0 Å². The van der Waals surface area contributed by atoms with Crippen LogP contribution in [0.1, 0.15) is 0 Å². The Morgan fingerprint density at radius 3 is 1.61 bits per heavy atom. The van der Waals surface area contributed by atoms with Gasteiger partial charge in [-0.3, -0.25) is 0 Å². The van der Waals surface area contributed by atoms with E-state index in [9.17, 15) is 0 Å². The fourth-order valence-electron chi connectivity index (χ4n) is 8.82. The highest BCUT2D eigenvalue weighted by atomic mass is 16.3. The average molecular weight is 752 g/mol. The number of rotatable bonds is 5. The summed E-state index contributed by atoms with van der Waals surface area (Å²) in [6.07, 6.45) is 0. The second kappa shape index (κ2) is 13.3. The van der Waals surface area contributed by atoms with Crippen molar-refractivity contribution in [3.05, 3.63) is 200 Å². The Labute approximate surface area is 339 Å². The Bertz CT molecular complexity index is 3610. The second-order valence-corrected chi connectivity index (χ2v) is 15.2. The summed E-state index contributed by atoms with van der Waals surface area (Å²) < 4.78 is 6.62. The second-order valence-electron chi connectivity index (χ2n) is 15.2. The quantitative estimate of drug-likeness (QED) is 0.164. The van der Waals surface area contributed by atoms with Gasteiger partial charge in [0.1, 0.15) is 11.2 Å². The van der Waals surface area contributed by atoms with Crippen LogP contribution in [-0.4, -0.2) is 15.0 Å². The third-order valence-electron chi connectivity index (χ3n) is 11.7. The molecule has 0 unspecified atom stereocenters. The Morgan fingerprint density at radius 1 is 0.288 bits per heavy atom. The van der Waals surface area contributed by atoms with E-state index in [1.807, 2.05) is 18.2 Å². The van der Waals surface area contributed by atoms with Gasteiger partial charge in [-0.25, -0.2) is 15.0 Å². The van der Waals surface area contributed by atoms with E-state index in [2.05, 4.69) is 182 Å². The number of furan rings is 1. The van der Waals surface area contributed by atoms with Crippen LogP contribution in [-0.2, 0) is 0 Å². The van der Waals surface area contributed by atoms with Crippen LogP contribution in [0.3, 0.4) is 0 Å². The van der Waals surface area contributed by atoms with Crippen molar-refractivity contribution in [3.63, 3.8) is 0 Å². The predicted octanol–water partition coefficient (Wildman–Crippen LogP) is 14.7. The molecule has 0 amide bonds. The van der Waals surface area contributed by atoms with Gasteiger partial charge in [0.2, 0.25) is 0 Å². The first kappa shape index (κ1) is 33.2. The van der Waals surface area contributed by atoms with Crippen LogP contribution in [0, 0.1) is 0 Å². The maximum Gasteiger partial charge on any atom is 0.164 e. The Morgan fingerprint density at radius 2 is 0.847 bits per heavy atom. The first-order chi connectivity index (χ1) is 29.2. The minimum absolute atomic E-state index is 0.617. The molecule has 12 rings (SSSR count). The van der Waals surface area contributed by atoms with Crippen LogP contribution < -0.4 is 0 Å². The highest BCUT2D eigenvalue weighted by Gasteiger charge is 2.20. The number of nitrogens with zero attached hydrogens (tertiary/aromatic N) is 3. The number of benzene rings is 10. The zero-order valence-corrected chi connectivity index (χ0v) is 31.8. The third-order valence-corrected chi connectivity index (χ3v) is 11.7. The van der Waals surface area contributed by atoms with Crippen molar-refractivity contribution in [2.24, 2.45) is 0 Å². The molecule has 0 bridgehead atoms. The topological polar surface area (TPSA) is 51.8 Å². The molecule has 0 aliphatic heterocycles. The lowest BCUT2D eigenvalue weighted by Crippen LogP contribution is -2.00. The van der Waals surface area contributed by atoms with Gasteiger partial charge in [-0.1, -0.05) is 170 Å². The van der Waals surface area contributed by atoms with E-state index < -0.39 is 0 Å². The van der Waals surface area contributed by atoms with Gasteiger partial charge in [-0.2, -0.15) is 0 Å². The van der Waals surface area contributed by atoms with E-state index in [1.54, 1.807) is 0 Å². The molecule has 0 fully saturated rings. The summed E-state index contributed by atoms with van der Waals surface area (Å²) in [6.45, 7) is 0. The van der Waals surface area contributed by atoms with E-state index in [0.717, 1.165) is 77.0 Å². The number of hydrogen-bond acceptors (Lipinski definition) is 4. The molecule has 0 radical (unpaired) electrons. The molecule has 59 heavy (non-hydrogen) atoms. The molecule has 2 heterocycles.